The van der Waals surface area contributed by atoms with Gasteiger partial charge in [-0.25, -0.2) is 0 Å². The van der Waals surface area contributed by atoms with Crippen LogP contribution in [0.25, 0.3) is 43.7 Å². The predicted molar refractivity (Wildman–Crippen MR) is 194 cm³/mol. The number of carboxylic acids is 1. The third-order valence-electron chi connectivity index (χ3n) is 6.77. The largest absolute Gasteiger partial charge is 0.481 e. The van der Waals surface area contributed by atoms with Crippen LogP contribution in [0.15, 0.2) is 98.6 Å². The van der Waals surface area contributed by atoms with Crippen molar-refractivity contribution >= 4 is 97.9 Å². The summed E-state index contributed by atoms with van der Waals surface area (Å²) in [6, 6.07) is 23.4. The maximum absolute atomic E-state index is 12.0. The van der Waals surface area contributed by atoms with Gasteiger partial charge in [0.15, 0.2) is 0 Å². The summed E-state index contributed by atoms with van der Waals surface area (Å²) in [5.74, 6) is -1.67. The van der Waals surface area contributed by atoms with Crippen molar-refractivity contribution in [1.82, 2.24) is 9.97 Å². The van der Waals surface area contributed by atoms with Crippen molar-refractivity contribution in [3.8, 4) is 11.1 Å². The van der Waals surface area contributed by atoms with Crippen LogP contribution in [0.1, 0.15) is 33.2 Å². The minimum atomic E-state index is -0.833. The first kappa shape index (κ1) is 35.0. The second kappa shape index (κ2) is 15.6. The van der Waals surface area contributed by atoms with Crippen LogP contribution < -0.4 is 11.5 Å². The van der Waals surface area contributed by atoms with Gasteiger partial charge in [-0.1, -0.05) is 83.7 Å². The van der Waals surface area contributed by atoms with Gasteiger partial charge in [0.2, 0.25) is 11.6 Å². The number of Topliss-reactive ketones (excluding diaryl/α,β-unsaturated/α-hetero) is 2. The van der Waals surface area contributed by atoms with E-state index in [1.54, 1.807) is 30.6 Å². The minimum absolute atomic E-state index is 0.417. The second-order valence-electron chi connectivity index (χ2n) is 10.1. The molecule has 11 heteroatoms. The van der Waals surface area contributed by atoms with Crippen LogP contribution in [0.4, 0.5) is 0 Å². The van der Waals surface area contributed by atoms with Crippen molar-refractivity contribution < 1.29 is 19.5 Å². The zero-order valence-corrected chi connectivity index (χ0v) is 29.6. The summed E-state index contributed by atoms with van der Waals surface area (Å²) >= 11 is 10.5. The summed E-state index contributed by atoms with van der Waals surface area (Å²) in [5, 5.41) is 12.0. The maximum atomic E-state index is 12.0. The second-order valence-corrected chi connectivity index (χ2v) is 12.9. The first-order valence-corrected chi connectivity index (χ1v) is 16.3. The molecule has 234 valence electrons. The first-order valence-electron chi connectivity index (χ1n) is 14.0. The lowest BCUT2D eigenvalue weighted by atomic mass is 9.83. The lowest BCUT2D eigenvalue weighted by molar-refractivity contribution is -0.134. The summed E-state index contributed by atoms with van der Waals surface area (Å²) in [6.45, 7) is 4.25. The Morgan fingerprint density at radius 3 is 1.48 bits per heavy atom. The number of halogens is 3. The van der Waals surface area contributed by atoms with E-state index < -0.39 is 17.5 Å². The van der Waals surface area contributed by atoms with Gasteiger partial charge in [0.25, 0.3) is 5.97 Å². The molecule has 0 amide bonds. The van der Waals surface area contributed by atoms with Crippen molar-refractivity contribution in [2.24, 2.45) is 11.5 Å². The number of carboxylic acid groups (broad SMARTS) is 1. The van der Waals surface area contributed by atoms with E-state index in [0.717, 1.165) is 58.8 Å². The Morgan fingerprint density at radius 1 is 0.630 bits per heavy atom. The first-order chi connectivity index (χ1) is 22.0. The Balaban J connectivity index is 0.000000171. The molecule has 0 atom stereocenters. The monoisotopic (exact) mass is 806 g/mol. The summed E-state index contributed by atoms with van der Waals surface area (Å²) in [7, 11) is 0. The number of hydrogen-bond acceptors (Lipinski definition) is 7. The highest BCUT2D eigenvalue weighted by atomic mass is 79.9. The fraction of sp³-hybridized carbons (Fsp3) is 0.114. The molecule has 5 N–H and O–H groups in total. The van der Waals surface area contributed by atoms with Gasteiger partial charge < -0.3 is 16.6 Å². The molecule has 1 aromatic heterocycles. The number of ketones is 2. The molecule has 0 fully saturated rings. The van der Waals surface area contributed by atoms with E-state index >= 15 is 0 Å². The Morgan fingerprint density at radius 2 is 1.02 bits per heavy atom. The highest BCUT2D eigenvalue weighted by molar-refractivity contribution is 9.11. The zero-order chi connectivity index (χ0) is 33.5. The van der Waals surface area contributed by atoms with Crippen molar-refractivity contribution in [3.63, 3.8) is 0 Å². The van der Waals surface area contributed by atoms with E-state index in [1.165, 1.54) is 10.8 Å². The number of nitrogens with zero attached hydrogens (tertiary/aromatic N) is 2. The summed E-state index contributed by atoms with van der Waals surface area (Å²) in [6.07, 6.45) is 3.49. The van der Waals surface area contributed by atoms with Crippen molar-refractivity contribution in [2.45, 2.75) is 13.8 Å². The molecule has 0 radical (unpaired) electrons. The third-order valence-corrected chi connectivity index (χ3v) is 8.25. The summed E-state index contributed by atoms with van der Waals surface area (Å²) < 4.78 is 3.03. The SMILES string of the molecule is Brc1ccc2c(c1)c1cc(Br)ccc1c1nccnc21.CC(=O)O.Cc1ccc2c(c1)-c1cc(Br)ccc1C(=O)C2=O.NCCN. The molecule has 0 unspecified atom stereocenters. The number of fused-ring (bicyclic) bond motifs is 9. The highest BCUT2D eigenvalue weighted by Crippen LogP contribution is 2.37. The number of nitrogens with two attached hydrogens (primary N) is 2. The van der Waals surface area contributed by atoms with Crippen molar-refractivity contribution in [2.75, 3.05) is 13.1 Å². The molecule has 0 saturated heterocycles. The van der Waals surface area contributed by atoms with Gasteiger partial charge in [0, 0.05) is 67.7 Å². The predicted octanol–water partition coefficient (Wildman–Crippen LogP) is 8.26. The average molecular weight is 809 g/mol. The number of carbonyl (C=O) groups excluding carboxylic acids is 2. The lowest BCUT2D eigenvalue weighted by Crippen LogP contribution is -2.21. The van der Waals surface area contributed by atoms with E-state index in [1.807, 2.05) is 37.3 Å². The zero-order valence-electron chi connectivity index (χ0n) is 24.9. The van der Waals surface area contributed by atoms with Gasteiger partial charge in [-0.15, -0.1) is 0 Å². The molecular weight excluding hydrogens is 780 g/mol. The molecule has 1 aliphatic carbocycles. The fourth-order valence-corrected chi connectivity index (χ4v) is 5.97. The van der Waals surface area contributed by atoms with E-state index in [9.17, 15) is 9.59 Å². The lowest BCUT2D eigenvalue weighted by Gasteiger charge is -2.18. The molecule has 8 nitrogen and oxygen atoms in total. The normalized spacial score (nSPS) is 11.4. The number of aliphatic carboxylic acids is 1. The number of aromatic nitrogens is 2. The van der Waals surface area contributed by atoms with Crippen LogP contribution in [0.5, 0.6) is 0 Å². The quantitative estimate of drug-likeness (QED) is 0.111. The Kier molecular flexibility index (Phi) is 11.9. The van der Waals surface area contributed by atoms with Gasteiger partial charge in [-0.2, -0.15) is 0 Å². The van der Waals surface area contributed by atoms with Gasteiger partial charge in [0.1, 0.15) is 0 Å². The van der Waals surface area contributed by atoms with Crippen molar-refractivity contribution in [3.05, 3.63) is 115 Å². The molecule has 0 saturated carbocycles. The minimum Gasteiger partial charge on any atom is -0.481 e. The van der Waals surface area contributed by atoms with Crippen LogP contribution >= 0.6 is 47.8 Å². The Hall–Kier alpha value is -3.87. The molecule has 0 bridgehead atoms. The number of aryl methyl sites for hydroxylation is 1. The van der Waals surface area contributed by atoms with E-state index in [0.29, 0.717) is 24.2 Å². The van der Waals surface area contributed by atoms with E-state index in [4.69, 9.17) is 21.4 Å². The van der Waals surface area contributed by atoms with E-state index in [-0.39, 0.29) is 0 Å². The molecule has 1 aliphatic rings. The Bertz CT molecular complexity index is 1970. The molecule has 5 aromatic carbocycles. The van der Waals surface area contributed by atoms with Crippen LogP contribution in [0.3, 0.4) is 0 Å². The van der Waals surface area contributed by atoms with Crippen LogP contribution in [-0.4, -0.2) is 45.7 Å². The molecular formula is C35H29Br3N4O4. The van der Waals surface area contributed by atoms with Gasteiger partial charge >= 0.3 is 0 Å². The standard InChI is InChI=1S/C16H8Br2N2.C15H9BrO2.C2H8N2.C2H4O2/c17-9-1-3-11-13(7-9)14-8-10(18)2-4-12(14)16-15(11)19-5-6-20-16;1-8-2-4-10-12(6-8)13-7-9(16)3-5-11(13)15(18)14(10)17;3-1-2-4;1-2(3)4/h1-8H;2-7H,1H3;1-4H2;1H3,(H,3,4). The number of hydrogen-bond donors (Lipinski definition) is 3. The fourth-order valence-electron chi connectivity index (χ4n) is 4.88. The summed E-state index contributed by atoms with van der Waals surface area (Å²) in [5.41, 5.74) is 15.4. The smallest absolute Gasteiger partial charge is 0.300 e. The van der Waals surface area contributed by atoms with Crippen LogP contribution in [0.2, 0.25) is 0 Å². The summed E-state index contributed by atoms with van der Waals surface area (Å²) in [4.78, 5) is 42.1. The highest BCUT2D eigenvalue weighted by Gasteiger charge is 2.30. The number of rotatable bonds is 1. The molecule has 7 rings (SSSR count). The van der Waals surface area contributed by atoms with Crippen LogP contribution in [-0.2, 0) is 4.79 Å². The number of carbonyl (C=O) groups is 3. The number of benzene rings is 5. The topological polar surface area (TPSA) is 149 Å². The average Bonchev–Trinajstić information content (AvgIpc) is 3.03. The molecule has 1 heterocycles. The Labute approximate surface area is 290 Å². The van der Waals surface area contributed by atoms with Crippen molar-refractivity contribution in [1.29, 1.82) is 0 Å². The van der Waals surface area contributed by atoms with Gasteiger partial charge in [-0.05, 0) is 71.3 Å². The molecule has 0 spiro atoms. The van der Waals surface area contributed by atoms with Gasteiger partial charge in [-0.3, -0.25) is 24.4 Å². The maximum Gasteiger partial charge on any atom is 0.300 e. The molecule has 0 aliphatic heterocycles. The van der Waals surface area contributed by atoms with E-state index in [2.05, 4.69) is 82.0 Å². The third kappa shape index (κ3) is 7.91. The van der Waals surface area contributed by atoms with Gasteiger partial charge in [0.05, 0.1) is 11.0 Å². The van der Waals surface area contributed by atoms with Crippen LogP contribution in [0, 0.1) is 6.92 Å². The molecule has 46 heavy (non-hydrogen) atoms. The molecule has 6 aromatic rings.